The Hall–Kier alpha value is -4.21. The lowest BCUT2D eigenvalue weighted by Crippen LogP contribution is -1.91. The first kappa shape index (κ1) is 16.0. The molecular formula is C25H13N3. The van der Waals surface area contributed by atoms with Crippen molar-refractivity contribution in [1.82, 2.24) is 4.98 Å². The molecule has 3 heteroatoms. The first-order valence-corrected chi connectivity index (χ1v) is 8.94. The van der Waals surface area contributed by atoms with E-state index in [1.165, 1.54) is 0 Å². The molecule has 0 N–H and O–H groups in total. The van der Waals surface area contributed by atoms with Gasteiger partial charge in [0.1, 0.15) is 0 Å². The van der Waals surface area contributed by atoms with Crippen LogP contribution in [0.2, 0.25) is 0 Å². The van der Waals surface area contributed by atoms with Gasteiger partial charge in [-0.05, 0) is 22.8 Å². The Bertz CT molecular complexity index is 1220. The number of nitriles is 2. The molecule has 0 unspecified atom stereocenters. The van der Waals surface area contributed by atoms with Gasteiger partial charge in [0, 0.05) is 51.8 Å². The lowest BCUT2D eigenvalue weighted by atomic mass is 9.91. The standard InChI is InChI=1S/C25H13N3/c26-13-11-19-16-6-1-2-7-17(16)20(12-14-27)23(19)24-18-8-3-4-9-21(18)25-22(24)10-5-15-28-25/h1-12,15H/b19-11+,20-12+. The van der Waals surface area contributed by atoms with Crippen molar-refractivity contribution < 1.29 is 0 Å². The Morgan fingerprint density at radius 2 is 1.14 bits per heavy atom. The predicted molar refractivity (Wildman–Crippen MR) is 109 cm³/mol. The van der Waals surface area contributed by atoms with Gasteiger partial charge in [0.2, 0.25) is 0 Å². The van der Waals surface area contributed by atoms with E-state index in [2.05, 4.69) is 35.3 Å². The Balaban J connectivity index is 1.97. The van der Waals surface area contributed by atoms with Crippen LogP contribution in [0.3, 0.4) is 0 Å². The van der Waals surface area contributed by atoms with Crippen molar-refractivity contribution in [2.45, 2.75) is 0 Å². The zero-order valence-corrected chi connectivity index (χ0v) is 14.8. The quantitative estimate of drug-likeness (QED) is 0.397. The van der Waals surface area contributed by atoms with Gasteiger partial charge in [0.05, 0.1) is 17.8 Å². The highest BCUT2D eigenvalue weighted by atomic mass is 14.7. The zero-order chi connectivity index (χ0) is 19.1. The minimum Gasteiger partial charge on any atom is -0.256 e. The molecule has 1 heterocycles. The molecule has 0 saturated carbocycles. The maximum absolute atomic E-state index is 9.47. The van der Waals surface area contributed by atoms with Gasteiger partial charge in [-0.15, -0.1) is 0 Å². The monoisotopic (exact) mass is 355 g/mol. The fourth-order valence-electron chi connectivity index (χ4n) is 4.21. The number of allylic oxidation sites excluding steroid dienone is 5. The molecule has 0 atom stereocenters. The van der Waals surface area contributed by atoms with Gasteiger partial charge in [-0.1, -0.05) is 54.6 Å². The molecule has 2 aliphatic carbocycles. The van der Waals surface area contributed by atoms with Crippen LogP contribution in [0.1, 0.15) is 22.3 Å². The number of rotatable bonds is 0. The second-order valence-electron chi connectivity index (χ2n) is 6.61. The molecule has 3 nitrogen and oxygen atoms in total. The van der Waals surface area contributed by atoms with E-state index in [0.717, 1.165) is 55.8 Å². The summed E-state index contributed by atoms with van der Waals surface area (Å²) in [4.78, 5) is 4.61. The Morgan fingerprint density at radius 3 is 1.75 bits per heavy atom. The number of hydrogen-bond acceptors (Lipinski definition) is 3. The molecule has 1 aromatic heterocycles. The lowest BCUT2D eigenvalue weighted by molar-refractivity contribution is 1.33. The molecule has 0 spiro atoms. The molecule has 5 rings (SSSR count). The topological polar surface area (TPSA) is 60.5 Å². The summed E-state index contributed by atoms with van der Waals surface area (Å²) >= 11 is 0. The van der Waals surface area contributed by atoms with Gasteiger partial charge in [0.25, 0.3) is 0 Å². The highest BCUT2D eigenvalue weighted by Crippen LogP contribution is 2.53. The zero-order valence-electron chi connectivity index (χ0n) is 14.8. The summed E-state index contributed by atoms with van der Waals surface area (Å²) < 4.78 is 0. The summed E-state index contributed by atoms with van der Waals surface area (Å²) in [7, 11) is 0. The third kappa shape index (κ3) is 2.11. The van der Waals surface area contributed by atoms with Crippen molar-refractivity contribution in [1.29, 1.82) is 10.5 Å². The minimum absolute atomic E-state index is 0.848. The maximum atomic E-state index is 9.47. The van der Waals surface area contributed by atoms with Crippen LogP contribution in [0, 0.1) is 22.7 Å². The van der Waals surface area contributed by atoms with E-state index in [-0.39, 0.29) is 0 Å². The molecule has 0 radical (unpaired) electrons. The normalized spacial score (nSPS) is 16.5. The number of benzene rings is 2. The van der Waals surface area contributed by atoms with E-state index < -0.39 is 0 Å². The molecule has 28 heavy (non-hydrogen) atoms. The predicted octanol–water partition coefficient (Wildman–Crippen LogP) is 5.39. The summed E-state index contributed by atoms with van der Waals surface area (Å²) in [5, 5.41) is 18.9. The first-order valence-electron chi connectivity index (χ1n) is 8.94. The van der Waals surface area contributed by atoms with Crippen LogP contribution < -0.4 is 0 Å². The van der Waals surface area contributed by atoms with E-state index in [1.54, 1.807) is 18.3 Å². The van der Waals surface area contributed by atoms with Crippen molar-refractivity contribution in [3.8, 4) is 23.4 Å². The molecule has 2 aliphatic rings. The minimum atomic E-state index is 0.848. The molecule has 0 aliphatic heterocycles. The average molecular weight is 355 g/mol. The van der Waals surface area contributed by atoms with Crippen LogP contribution in [-0.4, -0.2) is 4.98 Å². The van der Waals surface area contributed by atoms with E-state index in [1.807, 2.05) is 42.5 Å². The Morgan fingerprint density at radius 1 is 0.607 bits per heavy atom. The van der Waals surface area contributed by atoms with Gasteiger partial charge >= 0.3 is 0 Å². The van der Waals surface area contributed by atoms with Gasteiger partial charge < -0.3 is 0 Å². The van der Waals surface area contributed by atoms with Crippen molar-refractivity contribution in [2.24, 2.45) is 0 Å². The molecule has 3 aromatic rings. The van der Waals surface area contributed by atoms with Crippen LogP contribution in [0.5, 0.6) is 0 Å². The molecule has 0 bridgehead atoms. The summed E-state index contributed by atoms with van der Waals surface area (Å²) in [5.74, 6) is 0. The van der Waals surface area contributed by atoms with Crippen LogP contribution in [0.15, 0.2) is 84.6 Å². The summed E-state index contributed by atoms with van der Waals surface area (Å²) in [6.45, 7) is 0. The smallest absolute Gasteiger partial charge is 0.0918 e. The van der Waals surface area contributed by atoms with E-state index >= 15 is 0 Å². The second-order valence-corrected chi connectivity index (χ2v) is 6.61. The molecule has 128 valence electrons. The second kappa shape index (κ2) is 6.20. The van der Waals surface area contributed by atoms with Gasteiger partial charge in [0.15, 0.2) is 0 Å². The van der Waals surface area contributed by atoms with Crippen molar-refractivity contribution in [2.75, 3.05) is 0 Å². The molecule has 0 amide bonds. The van der Waals surface area contributed by atoms with Crippen LogP contribution >= 0.6 is 0 Å². The molecule has 2 aromatic carbocycles. The summed E-state index contributed by atoms with van der Waals surface area (Å²) in [6, 6.07) is 24.5. The first-order chi connectivity index (χ1) is 13.8. The average Bonchev–Trinajstić information content (AvgIpc) is 3.22. The summed E-state index contributed by atoms with van der Waals surface area (Å²) in [6.07, 6.45) is 4.96. The number of aromatic nitrogens is 1. The SMILES string of the molecule is N#C/C=C1/C(=C2c3ccccc3-c3ncccc32)/C(=C/C#N)c2ccccc21. The van der Waals surface area contributed by atoms with Gasteiger partial charge in [-0.2, -0.15) is 10.5 Å². The van der Waals surface area contributed by atoms with Crippen LogP contribution in [0.4, 0.5) is 0 Å². The van der Waals surface area contributed by atoms with Crippen LogP contribution in [-0.2, 0) is 0 Å². The highest BCUT2D eigenvalue weighted by Gasteiger charge is 2.34. The van der Waals surface area contributed by atoms with Gasteiger partial charge in [-0.25, -0.2) is 0 Å². The van der Waals surface area contributed by atoms with Gasteiger partial charge in [-0.3, -0.25) is 4.98 Å². The number of fused-ring (bicyclic) bond motifs is 4. The van der Waals surface area contributed by atoms with E-state index in [4.69, 9.17) is 0 Å². The molecule has 0 saturated heterocycles. The third-order valence-corrected chi connectivity index (χ3v) is 5.24. The Labute approximate surface area is 162 Å². The molecular weight excluding hydrogens is 342 g/mol. The largest absolute Gasteiger partial charge is 0.256 e. The summed E-state index contributed by atoms with van der Waals surface area (Å²) in [5.41, 5.74) is 9.70. The fraction of sp³-hybridized carbons (Fsp3) is 0. The third-order valence-electron chi connectivity index (χ3n) is 5.24. The number of nitrogens with zero attached hydrogens (tertiary/aromatic N) is 3. The highest BCUT2D eigenvalue weighted by molar-refractivity contribution is 6.19. The molecule has 0 fully saturated rings. The van der Waals surface area contributed by atoms with E-state index in [0.29, 0.717) is 0 Å². The van der Waals surface area contributed by atoms with Crippen molar-refractivity contribution in [3.05, 3.63) is 107 Å². The Kier molecular flexibility index (Phi) is 3.54. The van der Waals surface area contributed by atoms with Crippen LogP contribution in [0.25, 0.3) is 28.0 Å². The van der Waals surface area contributed by atoms with Crippen molar-refractivity contribution >= 4 is 16.7 Å². The fourth-order valence-corrected chi connectivity index (χ4v) is 4.21. The maximum Gasteiger partial charge on any atom is 0.0918 e. The lowest BCUT2D eigenvalue weighted by Gasteiger charge is -2.11. The van der Waals surface area contributed by atoms with E-state index in [9.17, 15) is 10.5 Å². The number of pyridine rings is 1. The van der Waals surface area contributed by atoms with Crippen molar-refractivity contribution in [3.63, 3.8) is 0 Å². The number of hydrogen-bond donors (Lipinski definition) is 0.